The first-order valence-electron chi connectivity index (χ1n) is 7.95. The zero-order chi connectivity index (χ0) is 15.9. The van der Waals surface area contributed by atoms with Crippen molar-refractivity contribution in [1.29, 1.82) is 0 Å². The van der Waals surface area contributed by atoms with Gasteiger partial charge in [-0.1, -0.05) is 23.8 Å². The molecule has 0 spiro atoms. The summed E-state index contributed by atoms with van der Waals surface area (Å²) in [6.07, 6.45) is 2.19. The lowest BCUT2D eigenvalue weighted by molar-refractivity contribution is -0.444. The fourth-order valence-corrected chi connectivity index (χ4v) is 3.58. The van der Waals surface area contributed by atoms with Crippen LogP contribution in [0.3, 0.4) is 0 Å². The highest BCUT2D eigenvalue weighted by atomic mass is 15.3. The van der Waals surface area contributed by atoms with E-state index < -0.39 is 0 Å². The average molecular weight is 293 g/mol. The van der Waals surface area contributed by atoms with E-state index in [1.165, 1.54) is 28.1 Å². The van der Waals surface area contributed by atoms with Crippen molar-refractivity contribution in [1.82, 2.24) is 0 Å². The van der Waals surface area contributed by atoms with E-state index in [0.717, 1.165) is 6.67 Å². The van der Waals surface area contributed by atoms with Crippen molar-refractivity contribution < 1.29 is 4.58 Å². The van der Waals surface area contributed by atoms with Gasteiger partial charge in [0, 0.05) is 23.7 Å². The molecule has 2 aromatic rings. The molecule has 0 radical (unpaired) electrons. The summed E-state index contributed by atoms with van der Waals surface area (Å²) in [6.45, 7) is 12.0. The Morgan fingerprint density at radius 2 is 1.77 bits per heavy atom. The van der Waals surface area contributed by atoms with Crippen molar-refractivity contribution >= 4 is 17.6 Å². The Labute approximate surface area is 133 Å². The van der Waals surface area contributed by atoms with Gasteiger partial charge in [0.05, 0.1) is 5.54 Å². The third-order valence-corrected chi connectivity index (χ3v) is 4.74. The molecule has 3 rings (SSSR count). The number of nitrogens with zero attached hydrogens (tertiary/aromatic N) is 2. The fourth-order valence-electron chi connectivity index (χ4n) is 3.58. The van der Waals surface area contributed by atoms with Crippen molar-refractivity contribution in [2.45, 2.75) is 40.2 Å². The van der Waals surface area contributed by atoms with Gasteiger partial charge in [0.2, 0.25) is 12.4 Å². The molecule has 2 nitrogen and oxygen atoms in total. The van der Waals surface area contributed by atoms with Crippen LogP contribution >= 0.6 is 0 Å². The summed E-state index contributed by atoms with van der Waals surface area (Å²) in [5.74, 6) is 0. The highest BCUT2D eigenvalue weighted by Crippen LogP contribution is 2.43. The third-order valence-electron chi connectivity index (χ3n) is 4.74. The van der Waals surface area contributed by atoms with Crippen LogP contribution in [0.1, 0.15) is 37.5 Å². The van der Waals surface area contributed by atoms with Crippen molar-refractivity contribution in [3.8, 4) is 0 Å². The van der Waals surface area contributed by atoms with Gasteiger partial charge in [-0.25, -0.2) is 0 Å². The summed E-state index contributed by atoms with van der Waals surface area (Å²) in [7, 11) is 0. The van der Waals surface area contributed by atoms with Crippen molar-refractivity contribution in [2.24, 2.45) is 0 Å². The minimum Gasteiger partial charge on any atom is -0.307 e. The molecule has 0 bridgehead atoms. The number of aryl methyl sites for hydroxylation is 2. The van der Waals surface area contributed by atoms with E-state index in [1.807, 2.05) is 0 Å². The smallest absolute Gasteiger partial charge is 0.224 e. The summed E-state index contributed by atoms with van der Waals surface area (Å²) in [5.41, 5.74) is 6.68. The first-order valence-corrected chi connectivity index (χ1v) is 7.95. The van der Waals surface area contributed by atoms with Gasteiger partial charge in [-0.3, -0.25) is 0 Å². The molecule has 114 valence electrons. The SMILES string of the molecule is C/C=[N+]1\CN(c2ccccc2)C(C)(C)c2cc(C)cc(C)c21. The molecule has 0 saturated heterocycles. The normalized spacial score (nSPS) is 18.4. The molecule has 22 heavy (non-hydrogen) atoms. The van der Waals surface area contributed by atoms with E-state index in [-0.39, 0.29) is 5.54 Å². The van der Waals surface area contributed by atoms with Gasteiger partial charge in [0.1, 0.15) is 6.21 Å². The van der Waals surface area contributed by atoms with Gasteiger partial charge in [-0.15, -0.1) is 0 Å². The molecule has 1 aliphatic heterocycles. The van der Waals surface area contributed by atoms with Crippen LogP contribution in [0.15, 0.2) is 42.5 Å². The zero-order valence-corrected chi connectivity index (χ0v) is 14.2. The number of hydrogen-bond acceptors (Lipinski definition) is 1. The van der Waals surface area contributed by atoms with Crippen LogP contribution in [0.2, 0.25) is 0 Å². The van der Waals surface area contributed by atoms with E-state index in [4.69, 9.17) is 0 Å². The van der Waals surface area contributed by atoms with Gasteiger partial charge < -0.3 is 4.90 Å². The Hall–Kier alpha value is -2.09. The Morgan fingerprint density at radius 1 is 1.09 bits per heavy atom. The van der Waals surface area contributed by atoms with Crippen LogP contribution in [-0.4, -0.2) is 17.5 Å². The number of benzene rings is 2. The Balaban J connectivity index is 2.24. The molecule has 2 heteroatoms. The summed E-state index contributed by atoms with van der Waals surface area (Å²) in [5, 5.41) is 0. The van der Waals surface area contributed by atoms with Crippen LogP contribution in [0, 0.1) is 13.8 Å². The molecule has 0 N–H and O–H groups in total. The zero-order valence-electron chi connectivity index (χ0n) is 14.2. The van der Waals surface area contributed by atoms with Gasteiger partial charge in [0.15, 0.2) is 0 Å². The van der Waals surface area contributed by atoms with Crippen LogP contribution in [0.5, 0.6) is 0 Å². The molecule has 0 saturated carbocycles. The van der Waals surface area contributed by atoms with Crippen LogP contribution < -0.4 is 4.90 Å². The second-order valence-electron chi connectivity index (χ2n) is 6.67. The largest absolute Gasteiger partial charge is 0.307 e. The Bertz CT molecular complexity index is 727. The predicted octanol–water partition coefficient (Wildman–Crippen LogP) is 4.75. The van der Waals surface area contributed by atoms with Crippen LogP contribution in [0.4, 0.5) is 11.4 Å². The molecule has 0 aromatic heterocycles. The van der Waals surface area contributed by atoms with Gasteiger partial charge in [0.25, 0.3) is 0 Å². The average Bonchev–Trinajstić information content (AvgIpc) is 2.49. The fraction of sp³-hybridized carbons (Fsp3) is 0.350. The Morgan fingerprint density at radius 3 is 2.41 bits per heavy atom. The van der Waals surface area contributed by atoms with Crippen molar-refractivity contribution in [2.75, 3.05) is 11.6 Å². The molecule has 2 aromatic carbocycles. The summed E-state index contributed by atoms with van der Waals surface area (Å²) >= 11 is 0. The van der Waals surface area contributed by atoms with Gasteiger partial charge >= 0.3 is 0 Å². The Kier molecular flexibility index (Phi) is 3.56. The maximum atomic E-state index is 2.48. The lowest BCUT2D eigenvalue weighted by Gasteiger charge is -2.43. The number of para-hydroxylation sites is 1. The third kappa shape index (κ3) is 2.23. The number of fused-ring (bicyclic) bond motifs is 1. The van der Waals surface area contributed by atoms with Crippen LogP contribution in [0.25, 0.3) is 0 Å². The number of hydrogen-bond donors (Lipinski definition) is 0. The molecule has 0 atom stereocenters. The topological polar surface area (TPSA) is 6.25 Å². The second kappa shape index (κ2) is 5.28. The molecule has 1 heterocycles. The standard InChI is InChI=1S/C20H25N2/c1-6-21-14-22(17-10-8-7-9-11-17)20(4,5)18-13-15(2)12-16(3)19(18)21/h6-13H,14H2,1-5H3/q+1/b21-6+. The minimum absolute atomic E-state index is 0.0347. The van der Waals surface area contributed by atoms with E-state index in [1.54, 1.807) is 0 Å². The first-order chi connectivity index (χ1) is 10.4. The van der Waals surface area contributed by atoms with Crippen molar-refractivity contribution in [3.05, 3.63) is 59.2 Å². The van der Waals surface area contributed by atoms with E-state index in [9.17, 15) is 0 Å². The lowest BCUT2D eigenvalue weighted by atomic mass is 9.85. The monoisotopic (exact) mass is 293 g/mol. The second-order valence-corrected chi connectivity index (χ2v) is 6.67. The molecular formula is C20H25N2+. The van der Waals surface area contributed by atoms with E-state index in [0.29, 0.717) is 0 Å². The molecule has 0 amide bonds. The van der Waals surface area contributed by atoms with E-state index in [2.05, 4.69) is 92.8 Å². The molecular weight excluding hydrogens is 268 g/mol. The summed E-state index contributed by atoms with van der Waals surface area (Å²) in [6, 6.07) is 15.3. The minimum atomic E-state index is -0.0347. The number of anilines is 1. The van der Waals surface area contributed by atoms with Gasteiger partial charge in [-0.05, 0) is 52.0 Å². The van der Waals surface area contributed by atoms with E-state index >= 15 is 0 Å². The summed E-state index contributed by atoms with van der Waals surface area (Å²) < 4.78 is 2.36. The first kappa shape index (κ1) is 14.8. The maximum absolute atomic E-state index is 2.48. The van der Waals surface area contributed by atoms with Crippen LogP contribution in [-0.2, 0) is 5.54 Å². The maximum Gasteiger partial charge on any atom is 0.224 e. The molecule has 0 fully saturated rings. The number of rotatable bonds is 1. The molecule has 1 aliphatic rings. The van der Waals surface area contributed by atoms with Gasteiger partial charge in [-0.2, -0.15) is 4.58 Å². The summed E-state index contributed by atoms with van der Waals surface area (Å²) in [4.78, 5) is 2.48. The quantitative estimate of drug-likeness (QED) is 0.688. The highest BCUT2D eigenvalue weighted by molar-refractivity contribution is 5.63. The highest BCUT2D eigenvalue weighted by Gasteiger charge is 2.41. The lowest BCUT2D eigenvalue weighted by Crippen LogP contribution is -2.49. The molecule has 0 unspecified atom stereocenters. The molecule has 0 aliphatic carbocycles. The predicted molar refractivity (Wildman–Crippen MR) is 94.4 cm³/mol. The van der Waals surface area contributed by atoms with Crippen molar-refractivity contribution in [3.63, 3.8) is 0 Å².